The third kappa shape index (κ3) is 3.09. The average Bonchev–Trinajstić information content (AvgIpc) is 3.33. The Morgan fingerprint density at radius 1 is 1.26 bits per heavy atom. The third-order valence-corrected chi connectivity index (χ3v) is 6.09. The van der Waals surface area contributed by atoms with E-state index < -0.39 is 0 Å². The molecule has 23 heavy (non-hydrogen) atoms. The second kappa shape index (κ2) is 6.36. The van der Waals surface area contributed by atoms with E-state index in [0.29, 0.717) is 12.5 Å². The van der Waals surface area contributed by atoms with E-state index in [0.717, 1.165) is 35.7 Å². The maximum Gasteiger partial charge on any atom is 0.138 e. The highest BCUT2D eigenvalue weighted by molar-refractivity contribution is 7.19. The first-order valence-corrected chi connectivity index (χ1v) is 9.82. The van der Waals surface area contributed by atoms with Crippen LogP contribution in [0.15, 0.2) is 0 Å². The van der Waals surface area contributed by atoms with Gasteiger partial charge in [-0.2, -0.15) is 0 Å². The zero-order chi connectivity index (χ0) is 15.8. The monoisotopic (exact) mass is 331 g/mol. The van der Waals surface area contributed by atoms with Gasteiger partial charge in [0.1, 0.15) is 16.5 Å². The van der Waals surface area contributed by atoms with Crippen LogP contribution in [0.5, 0.6) is 0 Å². The molecule has 4 nitrogen and oxygen atoms in total. The van der Waals surface area contributed by atoms with Crippen LogP contribution in [0.1, 0.15) is 67.6 Å². The van der Waals surface area contributed by atoms with Crippen molar-refractivity contribution in [2.45, 2.75) is 70.3 Å². The van der Waals surface area contributed by atoms with Gasteiger partial charge in [-0.15, -0.1) is 11.3 Å². The lowest BCUT2D eigenvalue weighted by molar-refractivity contribution is 0.176. The van der Waals surface area contributed by atoms with Gasteiger partial charge in [-0.3, -0.25) is 0 Å². The van der Waals surface area contributed by atoms with Crippen molar-refractivity contribution in [3.05, 3.63) is 16.3 Å². The van der Waals surface area contributed by atoms with Gasteiger partial charge in [0.2, 0.25) is 0 Å². The molecule has 2 aromatic rings. The first-order chi connectivity index (χ1) is 11.3. The minimum atomic E-state index is -0.302. The summed E-state index contributed by atoms with van der Waals surface area (Å²) in [5, 5.41) is 14.7. The number of anilines is 1. The highest BCUT2D eigenvalue weighted by Gasteiger charge is 2.29. The summed E-state index contributed by atoms with van der Waals surface area (Å²) in [5.74, 6) is 2.52. The zero-order valence-electron chi connectivity index (χ0n) is 13.8. The number of thiophene rings is 1. The van der Waals surface area contributed by atoms with Crippen molar-refractivity contribution in [2.75, 3.05) is 11.9 Å². The van der Waals surface area contributed by atoms with Gasteiger partial charge >= 0.3 is 0 Å². The van der Waals surface area contributed by atoms with Crippen molar-refractivity contribution in [1.82, 2.24) is 9.97 Å². The zero-order valence-corrected chi connectivity index (χ0v) is 14.6. The molecule has 1 saturated carbocycles. The SMILES string of the molecule is CCCC(O)CNc1nc(C2CC2)nc2sc3c(c12)CCCC3. The largest absolute Gasteiger partial charge is 0.391 e. The maximum atomic E-state index is 10.1. The summed E-state index contributed by atoms with van der Waals surface area (Å²) in [6.45, 7) is 2.68. The van der Waals surface area contributed by atoms with Gasteiger partial charge in [-0.05, 0) is 50.5 Å². The number of hydrogen-bond donors (Lipinski definition) is 2. The number of hydrogen-bond acceptors (Lipinski definition) is 5. The molecule has 0 aromatic carbocycles. The third-order valence-electron chi connectivity index (χ3n) is 4.90. The maximum absolute atomic E-state index is 10.1. The topological polar surface area (TPSA) is 58.0 Å². The van der Waals surface area contributed by atoms with Crippen LogP contribution in [0, 0.1) is 0 Å². The van der Waals surface area contributed by atoms with Crippen LogP contribution in [0.25, 0.3) is 10.2 Å². The van der Waals surface area contributed by atoms with Gasteiger partial charge in [0.25, 0.3) is 0 Å². The van der Waals surface area contributed by atoms with E-state index in [2.05, 4.69) is 12.2 Å². The predicted molar refractivity (Wildman–Crippen MR) is 95.4 cm³/mol. The van der Waals surface area contributed by atoms with Gasteiger partial charge in [0.05, 0.1) is 11.5 Å². The molecule has 1 atom stereocenters. The first-order valence-electron chi connectivity index (χ1n) is 9.00. The average molecular weight is 331 g/mol. The smallest absolute Gasteiger partial charge is 0.138 e. The van der Waals surface area contributed by atoms with Crippen molar-refractivity contribution in [1.29, 1.82) is 0 Å². The Labute approximate surface area is 141 Å². The summed E-state index contributed by atoms with van der Waals surface area (Å²) in [6, 6.07) is 0. The molecule has 2 heterocycles. The number of aliphatic hydroxyl groups excluding tert-OH is 1. The number of nitrogens with one attached hydrogen (secondary N) is 1. The van der Waals surface area contributed by atoms with Crippen LogP contribution in [0.3, 0.4) is 0 Å². The Morgan fingerprint density at radius 3 is 2.87 bits per heavy atom. The first kappa shape index (κ1) is 15.3. The number of nitrogens with zero attached hydrogens (tertiary/aromatic N) is 2. The number of fused-ring (bicyclic) bond motifs is 3. The molecule has 0 aliphatic heterocycles. The standard InChI is InChI=1S/C18H25N3OS/c1-2-5-12(22)10-19-17-15-13-6-3-4-7-14(13)23-18(15)21-16(20-17)11-8-9-11/h11-12,22H,2-10H2,1H3,(H,19,20,21). The molecular weight excluding hydrogens is 306 g/mol. The predicted octanol–water partition coefficient (Wildman–Crippen LogP) is 4.02. The van der Waals surface area contributed by atoms with E-state index in [-0.39, 0.29) is 6.10 Å². The summed E-state index contributed by atoms with van der Waals surface area (Å²) in [6.07, 6.45) is 8.86. The normalized spacial score (nSPS) is 18.9. The van der Waals surface area contributed by atoms with Crippen LogP contribution in [0.4, 0.5) is 5.82 Å². The second-order valence-electron chi connectivity index (χ2n) is 6.92. The fraction of sp³-hybridized carbons (Fsp3) is 0.667. The summed E-state index contributed by atoms with van der Waals surface area (Å²) in [7, 11) is 0. The van der Waals surface area contributed by atoms with Gasteiger partial charge < -0.3 is 10.4 Å². The van der Waals surface area contributed by atoms with Crippen molar-refractivity contribution in [3.63, 3.8) is 0 Å². The quantitative estimate of drug-likeness (QED) is 0.839. The molecule has 5 heteroatoms. The Balaban J connectivity index is 1.71. The molecule has 2 aliphatic carbocycles. The van der Waals surface area contributed by atoms with E-state index >= 15 is 0 Å². The van der Waals surface area contributed by atoms with Crippen LogP contribution in [-0.2, 0) is 12.8 Å². The fourth-order valence-corrected chi connectivity index (χ4v) is 4.74. The highest BCUT2D eigenvalue weighted by atomic mass is 32.1. The number of aryl methyl sites for hydroxylation is 2. The van der Waals surface area contributed by atoms with E-state index in [1.165, 1.54) is 47.9 Å². The van der Waals surface area contributed by atoms with Gasteiger partial charge in [-0.25, -0.2) is 9.97 Å². The molecule has 0 radical (unpaired) electrons. The van der Waals surface area contributed by atoms with Gasteiger partial charge in [-0.1, -0.05) is 13.3 Å². The lowest BCUT2D eigenvalue weighted by Crippen LogP contribution is -2.20. The molecule has 0 amide bonds. The minimum Gasteiger partial charge on any atom is -0.391 e. The molecule has 2 aliphatic rings. The number of aliphatic hydroxyl groups is 1. The van der Waals surface area contributed by atoms with E-state index in [1.807, 2.05) is 11.3 Å². The molecular formula is C18H25N3OS. The summed E-state index contributed by atoms with van der Waals surface area (Å²) >= 11 is 1.86. The Bertz CT molecular complexity index is 708. The van der Waals surface area contributed by atoms with Crippen LogP contribution in [-0.4, -0.2) is 27.7 Å². The molecule has 1 fully saturated rings. The van der Waals surface area contributed by atoms with Crippen LogP contribution in [0.2, 0.25) is 0 Å². The van der Waals surface area contributed by atoms with E-state index in [1.54, 1.807) is 0 Å². The fourth-order valence-electron chi connectivity index (χ4n) is 3.48. The molecule has 0 bridgehead atoms. The molecule has 2 aromatic heterocycles. The summed E-state index contributed by atoms with van der Waals surface area (Å²) in [5.41, 5.74) is 1.46. The Kier molecular flexibility index (Phi) is 4.24. The van der Waals surface area contributed by atoms with E-state index in [9.17, 15) is 5.11 Å². The highest BCUT2D eigenvalue weighted by Crippen LogP contribution is 2.43. The minimum absolute atomic E-state index is 0.302. The van der Waals surface area contributed by atoms with Crippen molar-refractivity contribution in [2.24, 2.45) is 0 Å². The lowest BCUT2D eigenvalue weighted by Gasteiger charge is -2.15. The Morgan fingerprint density at radius 2 is 2.09 bits per heavy atom. The van der Waals surface area contributed by atoms with Crippen molar-refractivity contribution in [3.8, 4) is 0 Å². The molecule has 4 rings (SSSR count). The van der Waals surface area contributed by atoms with Crippen molar-refractivity contribution >= 4 is 27.4 Å². The van der Waals surface area contributed by atoms with Gasteiger partial charge in [0.15, 0.2) is 0 Å². The van der Waals surface area contributed by atoms with Gasteiger partial charge in [0, 0.05) is 17.3 Å². The number of rotatable bonds is 6. The second-order valence-corrected chi connectivity index (χ2v) is 8.00. The number of aromatic nitrogens is 2. The van der Waals surface area contributed by atoms with Crippen LogP contribution < -0.4 is 5.32 Å². The molecule has 2 N–H and O–H groups in total. The molecule has 124 valence electrons. The molecule has 1 unspecified atom stereocenters. The van der Waals surface area contributed by atoms with Crippen molar-refractivity contribution < 1.29 is 5.11 Å². The lowest BCUT2D eigenvalue weighted by atomic mass is 9.97. The van der Waals surface area contributed by atoms with Crippen LogP contribution >= 0.6 is 11.3 Å². The summed E-state index contributed by atoms with van der Waals surface area (Å²) in [4.78, 5) is 12.4. The summed E-state index contributed by atoms with van der Waals surface area (Å²) < 4.78 is 0. The Hall–Kier alpha value is -1.20. The van der Waals surface area contributed by atoms with E-state index in [4.69, 9.17) is 9.97 Å². The molecule has 0 saturated heterocycles. The molecule has 0 spiro atoms.